The molecule has 2 heterocycles. The summed E-state index contributed by atoms with van der Waals surface area (Å²) in [5, 5.41) is 20.4. The van der Waals surface area contributed by atoms with Crippen LogP contribution >= 0.6 is 0 Å². The van der Waals surface area contributed by atoms with Gasteiger partial charge in [0, 0.05) is 37.8 Å². The second-order valence-corrected chi connectivity index (χ2v) is 12.3. The van der Waals surface area contributed by atoms with Crippen LogP contribution in [0.15, 0.2) is 61.2 Å². The van der Waals surface area contributed by atoms with Crippen LogP contribution in [0.2, 0.25) is 0 Å². The Hall–Kier alpha value is -3.36. The number of amides is 2. The van der Waals surface area contributed by atoms with Gasteiger partial charge < -0.3 is 29.5 Å². The predicted molar refractivity (Wildman–Crippen MR) is 167 cm³/mol. The van der Waals surface area contributed by atoms with Gasteiger partial charge in [-0.3, -0.25) is 9.59 Å². The number of aliphatic hydroxyl groups is 2. The lowest BCUT2D eigenvalue weighted by Crippen LogP contribution is -2.30. The molecule has 0 unspecified atom stereocenters. The fourth-order valence-corrected chi connectivity index (χ4v) is 6.16. The van der Waals surface area contributed by atoms with E-state index >= 15 is 0 Å². The monoisotopic (exact) mass is 592 g/mol. The first-order valence-electron chi connectivity index (χ1n) is 15.5. The number of nitrogens with zero attached hydrogens (tertiary/aromatic N) is 2. The molecule has 8 heteroatoms. The molecule has 6 atom stereocenters. The molecule has 0 aromatic heterocycles. The van der Waals surface area contributed by atoms with E-state index in [1.165, 1.54) is 12.8 Å². The standard InChI is InChI=1S/C18H25NO3.C17H23NO3/c1-12(14-5-7-16(22-2)8-6-14)19-11-15(10-18(19)21)17(20)9-13-3-4-13;1-4-5-16(19)14-10-17(20)18(11-14)12(2)13-6-8-15(21-3)9-7-13/h5-8,12-13,15,17,20H,3-4,9-11H2,1-2H3;4,6-9,12,14,16,19H,1,5,10-11H2,2-3H3/t12-,15-,17-;12-,14-,16-/m11/s1. The molecule has 2 amide bonds. The van der Waals surface area contributed by atoms with Crippen molar-refractivity contribution in [2.24, 2.45) is 17.8 Å². The lowest BCUT2D eigenvalue weighted by atomic mass is 9.97. The fraction of sp³-hybridized carbons (Fsp3) is 0.543. The van der Waals surface area contributed by atoms with E-state index in [4.69, 9.17) is 9.47 Å². The van der Waals surface area contributed by atoms with E-state index in [1.807, 2.05) is 65.3 Å². The zero-order valence-electron chi connectivity index (χ0n) is 26.0. The van der Waals surface area contributed by atoms with Crippen LogP contribution in [0.3, 0.4) is 0 Å². The normalized spacial score (nSPS) is 22.8. The molecule has 5 rings (SSSR count). The Labute approximate surface area is 256 Å². The molecule has 2 saturated heterocycles. The summed E-state index contributed by atoms with van der Waals surface area (Å²) in [6.07, 6.45) is 5.65. The zero-order valence-corrected chi connectivity index (χ0v) is 26.0. The van der Waals surface area contributed by atoms with Gasteiger partial charge in [0.1, 0.15) is 11.5 Å². The van der Waals surface area contributed by atoms with Gasteiger partial charge in [-0.25, -0.2) is 0 Å². The van der Waals surface area contributed by atoms with Gasteiger partial charge >= 0.3 is 0 Å². The number of rotatable bonds is 12. The van der Waals surface area contributed by atoms with Crippen LogP contribution in [0, 0.1) is 17.8 Å². The smallest absolute Gasteiger partial charge is 0.223 e. The molecule has 0 bridgehead atoms. The zero-order chi connectivity index (χ0) is 31.1. The van der Waals surface area contributed by atoms with Gasteiger partial charge in [0.2, 0.25) is 11.8 Å². The maximum atomic E-state index is 12.3. The van der Waals surface area contributed by atoms with Crippen LogP contribution < -0.4 is 9.47 Å². The molecule has 1 aliphatic carbocycles. The third-order valence-electron chi connectivity index (χ3n) is 9.28. The summed E-state index contributed by atoms with van der Waals surface area (Å²) in [4.78, 5) is 28.3. The Bertz CT molecular complexity index is 1210. The Morgan fingerprint density at radius 3 is 1.58 bits per heavy atom. The van der Waals surface area contributed by atoms with Crippen molar-refractivity contribution in [3.8, 4) is 11.5 Å². The Balaban J connectivity index is 0.000000197. The van der Waals surface area contributed by atoms with Crippen LogP contribution in [-0.4, -0.2) is 71.3 Å². The van der Waals surface area contributed by atoms with E-state index in [0.29, 0.717) is 38.3 Å². The van der Waals surface area contributed by atoms with Crippen molar-refractivity contribution in [2.75, 3.05) is 27.3 Å². The van der Waals surface area contributed by atoms with Gasteiger partial charge in [-0.05, 0) is 68.0 Å². The van der Waals surface area contributed by atoms with Crippen LogP contribution in [0.1, 0.15) is 75.6 Å². The van der Waals surface area contributed by atoms with Gasteiger partial charge in [0.25, 0.3) is 0 Å². The summed E-state index contributed by atoms with van der Waals surface area (Å²) in [7, 11) is 3.28. The number of likely N-dealkylation sites (tertiary alicyclic amines) is 2. The molecule has 3 fully saturated rings. The molecular formula is C35H48N2O6. The summed E-state index contributed by atoms with van der Waals surface area (Å²) >= 11 is 0. The number of carbonyl (C=O) groups excluding carboxylic acids is 2. The van der Waals surface area contributed by atoms with Crippen molar-refractivity contribution in [1.82, 2.24) is 9.80 Å². The van der Waals surface area contributed by atoms with E-state index in [0.717, 1.165) is 29.0 Å². The van der Waals surface area contributed by atoms with Crippen LogP contribution in [0.4, 0.5) is 0 Å². The van der Waals surface area contributed by atoms with Crippen molar-refractivity contribution < 1.29 is 29.3 Å². The van der Waals surface area contributed by atoms with Crippen LogP contribution in [0.25, 0.3) is 0 Å². The molecule has 234 valence electrons. The summed E-state index contributed by atoms with van der Waals surface area (Å²) in [5.74, 6) is 2.66. The molecule has 43 heavy (non-hydrogen) atoms. The molecule has 2 aromatic rings. The first-order chi connectivity index (χ1) is 20.6. The molecule has 1 saturated carbocycles. The molecule has 0 radical (unpaired) electrons. The number of methoxy groups -OCH3 is 2. The largest absolute Gasteiger partial charge is 0.497 e. The van der Waals surface area contributed by atoms with Crippen molar-refractivity contribution in [2.45, 2.75) is 76.7 Å². The van der Waals surface area contributed by atoms with Crippen molar-refractivity contribution in [1.29, 1.82) is 0 Å². The minimum absolute atomic E-state index is 0.00352. The fourth-order valence-electron chi connectivity index (χ4n) is 6.16. The average molecular weight is 593 g/mol. The maximum Gasteiger partial charge on any atom is 0.223 e. The average Bonchev–Trinajstić information content (AvgIpc) is 3.62. The summed E-state index contributed by atoms with van der Waals surface area (Å²) in [6, 6.07) is 15.6. The van der Waals surface area contributed by atoms with Crippen LogP contribution in [-0.2, 0) is 9.59 Å². The van der Waals surface area contributed by atoms with Crippen LogP contribution in [0.5, 0.6) is 11.5 Å². The number of benzene rings is 2. The van der Waals surface area contributed by atoms with E-state index < -0.39 is 6.10 Å². The third kappa shape index (κ3) is 8.39. The SMILES string of the molecule is C=CC[C@@H](O)[C@@H]1CC(=O)N([C@H](C)c2ccc(OC)cc2)C1.COc1ccc([C@@H](C)N2C[C@H]([C@H](O)CC3CC3)CC2=O)cc1. The van der Waals surface area contributed by atoms with Gasteiger partial charge in [-0.2, -0.15) is 0 Å². The lowest BCUT2D eigenvalue weighted by molar-refractivity contribution is -0.130. The molecule has 0 spiro atoms. The molecule has 2 aromatic carbocycles. The Morgan fingerprint density at radius 2 is 1.21 bits per heavy atom. The van der Waals surface area contributed by atoms with Gasteiger partial charge in [0.05, 0.1) is 38.5 Å². The number of aliphatic hydroxyl groups excluding tert-OH is 2. The third-order valence-corrected chi connectivity index (χ3v) is 9.28. The second-order valence-electron chi connectivity index (χ2n) is 12.3. The summed E-state index contributed by atoms with van der Waals surface area (Å²) in [6.45, 7) is 8.97. The Morgan fingerprint density at radius 1 is 0.791 bits per heavy atom. The predicted octanol–water partition coefficient (Wildman–Crippen LogP) is 5.31. The quantitative estimate of drug-likeness (QED) is 0.324. The van der Waals surface area contributed by atoms with Crippen molar-refractivity contribution in [3.63, 3.8) is 0 Å². The molecule has 3 aliphatic rings. The highest BCUT2D eigenvalue weighted by atomic mass is 16.5. The first-order valence-corrected chi connectivity index (χ1v) is 15.5. The maximum absolute atomic E-state index is 12.3. The molecule has 2 N–H and O–H groups in total. The minimum Gasteiger partial charge on any atom is -0.497 e. The minimum atomic E-state index is -0.487. The van der Waals surface area contributed by atoms with Crippen molar-refractivity contribution in [3.05, 3.63) is 72.3 Å². The number of hydrogen-bond donors (Lipinski definition) is 2. The first kappa shape index (κ1) is 32.6. The highest BCUT2D eigenvalue weighted by Crippen LogP contribution is 2.38. The van der Waals surface area contributed by atoms with Gasteiger partial charge in [0.15, 0.2) is 0 Å². The van der Waals surface area contributed by atoms with Crippen molar-refractivity contribution >= 4 is 11.8 Å². The highest BCUT2D eigenvalue weighted by molar-refractivity contribution is 5.79. The van der Waals surface area contributed by atoms with E-state index in [9.17, 15) is 19.8 Å². The summed E-state index contributed by atoms with van der Waals surface area (Å²) < 4.78 is 10.3. The molecule has 2 aliphatic heterocycles. The van der Waals surface area contributed by atoms with Gasteiger partial charge in [-0.1, -0.05) is 43.2 Å². The molecule has 8 nitrogen and oxygen atoms in total. The number of ether oxygens (including phenoxy) is 2. The van der Waals surface area contributed by atoms with E-state index in [-0.39, 0.29) is 41.8 Å². The lowest BCUT2D eigenvalue weighted by Gasteiger charge is -2.26. The van der Waals surface area contributed by atoms with E-state index in [2.05, 4.69) is 13.5 Å². The molecular weight excluding hydrogens is 544 g/mol. The number of carbonyl (C=O) groups is 2. The topological polar surface area (TPSA) is 99.5 Å². The highest BCUT2D eigenvalue weighted by Gasteiger charge is 2.39. The Kier molecular flexibility index (Phi) is 11.3. The van der Waals surface area contributed by atoms with E-state index in [1.54, 1.807) is 20.3 Å². The second kappa shape index (κ2) is 14.9. The number of hydrogen-bond acceptors (Lipinski definition) is 6. The summed E-state index contributed by atoms with van der Waals surface area (Å²) in [5.41, 5.74) is 2.18. The van der Waals surface area contributed by atoms with Gasteiger partial charge in [-0.15, -0.1) is 6.58 Å².